The van der Waals surface area contributed by atoms with E-state index in [1.807, 2.05) is 0 Å². The average Bonchev–Trinajstić information content (AvgIpc) is 2.71. The predicted molar refractivity (Wildman–Crippen MR) is 71.6 cm³/mol. The molecule has 4 aliphatic carbocycles. The fraction of sp³-hybridized carbons (Fsp3) is 0.882. The van der Waals surface area contributed by atoms with Gasteiger partial charge in [-0.15, -0.1) is 0 Å². The predicted octanol–water partition coefficient (Wildman–Crippen LogP) is 4.66. The minimum Gasteiger partial charge on any atom is -0.0851 e. The Balaban J connectivity index is 1.74. The number of hydrogen-bond acceptors (Lipinski definition) is 0. The summed E-state index contributed by atoms with van der Waals surface area (Å²) in [6.07, 6.45) is 16.0. The molecule has 0 aromatic carbocycles. The third-order valence-electron chi connectivity index (χ3n) is 6.70. The lowest BCUT2D eigenvalue weighted by molar-refractivity contribution is 0.125. The Morgan fingerprint density at radius 1 is 0.706 bits per heavy atom. The number of fused-ring (bicyclic) bond motifs is 3. The monoisotopic (exact) mass is 230 g/mol. The quantitative estimate of drug-likeness (QED) is 0.531. The van der Waals surface area contributed by atoms with Gasteiger partial charge in [-0.2, -0.15) is 0 Å². The summed E-state index contributed by atoms with van der Waals surface area (Å²) in [4.78, 5) is 0. The van der Waals surface area contributed by atoms with Crippen molar-refractivity contribution in [2.45, 2.75) is 51.9 Å². The molecule has 3 saturated carbocycles. The largest absolute Gasteiger partial charge is 0.0851 e. The molecule has 0 aromatic rings. The molecule has 7 unspecified atom stereocenters. The Kier molecular flexibility index (Phi) is 2.42. The molecule has 3 fully saturated rings. The van der Waals surface area contributed by atoms with Crippen molar-refractivity contribution in [2.75, 3.05) is 0 Å². The summed E-state index contributed by atoms with van der Waals surface area (Å²) >= 11 is 0. The maximum atomic E-state index is 2.61. The molecular weight excluding hydrogens is 204 g/mol. The smallest absolute Gasteiger partial charge is 0.0199 e. The van der Waals surface area contributed by atoms with Crippen LogP contribution < -0.4 is 0 Å². The third kappa shape index (κ3) is 1.42. The van der Waals surface area contributed by atoms with Crippen LogP contribution in [0.5, 0.6) is 0 Å². The van der Waals surface area contributed by atoms with Crippen LogP contribution in [0.2, 0.25) is 0 Å². The highest BCUT2D eigenvalue weighted by Crippen LogP contribution is 2.62. The first-order chi connectivity index (χ1) is 8.36. The van der Waals surface area contributed by atoms with Crippen LogP contribution in [0.1, 0.15) is 51.9 Å². The zero-order valence-electron chi connectivity index (χ0n) is 11.1. The minimum atomic E-state index is 0.880. The second-order valence-corrected chi connectivity index (χ2v) is 7.27. The van der Waals surface area contributed by atoms with E-state index in [0.717, 1.165) is 41.4 Å². The van der Waals surface area contributed by atoms with E-state index in [2.05, 4.69) is 19.1 Å². The molecule has 0 heteroatoms. The highest BCUT2D eigenvalue weighted by Gasteiger charge is 2.55. The van der Waals surface area contributed by atoms with E-state index in [9.17, 15) is 0 Å². The molecular formula is C17H26. The zero-order valence-corrected chi connectivity index (χ0v) is 11.1. The molecule has 0 aliphatic heterocycles. The number of rotatable bonds is 0. The van der Waals surface area contributed by atoms with Crippen molar-refractivity contribution >= 4 is 0 Å². The number of hydrogen-bond donors (Lipinski definition) is 0. The van der Waals surface area contributed by atoms with Gasteiger partial charge < -0.3 is 0 Å². The van der Waals surface area contributed by atoms with Gasteiger partial charge in [0.1, 0.15) is 0 Å². The van der Waals surface area contributed by atoms with E-state index in [1.165, 1.54) is 25.7 Å². The molecule has 0 amide bonds. The van der Waals surface area contributed by atoms with Gasteiger partial charge in [0.05, 0.1) is 0 Å². The van der Waals surface area contributed by atoms with Crippen LogP contribution in [0, 0.1) is 41.4 Å². The molecule has 94 valence electrons. The zero-order chi connectivity index (χ0) is 11.4. The molecule has 0 aromatic heterocycles. The van der Waals surface area contributed by atoms with Crippen molar-refractivity contribution in [2.24, 2.45) is 41.4 Å². The fourth-order valence-electron chi connectivity index (χ4n) is 6.26. The average molecular weight is 230 g/mol. The maximum absolute atomic E-state index is 2.61. The van der Waals surface area contributed by atoms with Crippen LogP contribution in [-0.4, -0.2) is 0 Å². The first kappa shape index (κ1) is 10.6. The summed E-state index contributed by atoms with van der Waals surface area (Å²) in [5, 5.41) is 0. The fourth-order valence-corrected chi connectivity index (χ4v) is 6.26. The summed E-state index contributed by atoms with van der Waals surface area (Å²) < 4.78 is 0. The van der Waals surface area contributed by atoms with E-state index in [-0.39, 0.29) is 0 Å². The molecule has 0 bridgehead atoms. The van der Waals surface area contributed by atoms with Crippen LogP contribution in [0.4, 0.5) is 0 Å². The highest BCUT2D eigenvalue weighted by molar-refractivity contribution is 5.13. The topological polar surface area (TPSA) is 0 Å². The van der Waals surface area contributed by atoms with Crippen LogP contribution in [-0.2, 0) is 0 Å². The second kappa shape index (κ2) is 3.87. The van der Waals surface area contributed by atoms with Gasteiger partial charge >= 0.3 is 0 Å². The van der Waals surface area contributed by atoms with Gasteiger partial charge in [0.2, 0.25) is 0 Å². The van der Waals surface area contributed by atoms with Gasteiger partial charge in [0, 0.05) is 0 Å². The lowest BCUT2D eigenvalue weighted by Crippen LogP contribution is -2.34. The highest BCUT2D eigenvalue weighted by atomic mass is 14.6. The SMILES string of the molecule is CC1C=CC2CCCC3C4CCCCC4C1C23. The van der Waals surface area contributed by atoms with Crippen molar-refractivity contribution in [3.05, 3.63) is 12.2 Å². The van der Waals surface area contributed by atoms with Crippen LogP contribution in [0.3, 0.4) is 0 Å². The van der Waals surface area contributed by atoms with Crippen molar-refractivity contribution in [3.63, 3.8) is 0 Å². The molecule has 17 heavy (non-hydrogen) atoms. The molecule has 4 rings (SSSR count). The van der Waals surface area contributed by atoms with Crippen molar-refractivity contribution < 1.29 is 0 Å². The Labute approximate surface area is 106 Å². The summed E-state index contributed by atoms with van der Waals surface area (Å²) in [5.41, 5.74) is 0. The molecule has 7 atom stereocenters. The van der Waals surface area contributed by atoms with E-state index < -0.39 is 0 Å². The van der Waals surface area contributed by atoms with Crippen molar-refractivity contribution in [1.82, 2.24) is 0 Å². The van der Waals surface area contributed by atoms with E-state index >= 15 is 0 Å². The van der Waals surface area contributed by atoms with Gasteiger partial charge in [-0.1, -0.05) is 38.3 Å². The van der Waals surface area contributed by atoms with E-state index in [0.29, 0.717) is 0 Å². The molecule has 0 nitrogen and oxygen atoms in total. The lowest BCUT2D eigenvalue weighted by Gasteiger charge is -2.41. The van der Waals surface area contributed by atoms with Crippen molar-refractivity contribution in [1.29, 1.82) is 0 Å². The standard InChI is InChI=1S/C17H26/c1-11-9-10-12-5-4-8-15-13-6-2-3-7-14(13)16(11)17(12)15/h9-17H,2-8H2,1H3. The molecule has 0 heterocycles. The summed E-state index contributed by atoms with van der Waals surface area (Å²) in [7, 11) is 0. The minimum absolute atomic E-state index is 0.880. The summed E-state index contributed by atoms with van der Waals surface area (Å²) in [6, 6.07) is 0. The Hall–Kier alpha value is -0.260. The molecule has 0 saturated heterocycles. The van der Waals surface area contributed by atoms with Gasteiger partial charge in [-0.05, 0) is 67.1 Å². The first-order valence-corrected chi connectivity index (χ1v) is 8.04. The Morgan fingerprint density at radius 3 is 2.29 bits per heavy atom. The number of allylic oxidation sites excluding steroid dienone is 2. The molecule has 0 radical (unpaired) electrons. The molecule has 0 spiro atoms. The summed E-state index contributed by atoms with van der Waals surface area (Å²) in [5.74, 6) is 7.38. The van der Waals surface area contributed by atoms with Gasteiger partial charge in [0.25, 0.3) is 0 Å². The third-order valence-corrected chi connectivity index (χ3v) is 6.70. The van der Waals surface area contributed by atoms with E-state index in [4.69, 9.17) is 0 Å². The van der Waals surface area contributed by atoms with Crippen LogP contribution >= 0.6 is 0 Å². The molecule has 4 aliphatic rings. The molecule has 0 N–H and O–H groups in total. The maximum Gasteiger partial charge on any atom is -0.0199 e. The Morgan fingerprint density at radius 2 is 1.41 bits per heavy atom. The van der Waals surface area contributed by atoms with Gasteiger partial charge in [-0.25, -0.2) is 0 Å². The van der Waals surface area contributed by atoms with Gasteiger partial charge in [0.15, 0.2) is 0 Å². The van der Waals surface area contributed by atoms with Crippen LogP contribution in [0.15, 0.2) is 12.2 Å². The lowest BCUT2D eigenvalue weighted by atomic mass is 9.64. The van der Waals surface area contributed by atoms with Gasteiger partial charge in [-0.3, -0.25) is 0 Å². The normalized spacial score (nSPS) is 56.4. The Bertz CT molecular complexity index is 319. The second-order valence-electron chi connectivity index (χ2n) is 7.27. The van der Waals surface area contributed by atoms with E-state index in [1.54, 1.807) is 19.3 Å². The van der Waals surface area contributed by atoms with Crippen LogP contribution in [0.25, 0.3) is 0 Å². The summed E-state index contributed by atoms with van der Waals surface area (Å²) in [6.45, 7) is 2.50. The first-order valence-electron chi connectivity index (χ1n) is 8.04. The van der Waals surface area contributed by atoms with Crippen molar-refractivity contribution in [3.8, 4) is 0 Å².